The molecule has 1 aliphatic rings. The fourth-order valence-electron chi connectivity index (χ4n) is 2.50. The minimum Gasteiger partial charge on any atom is -0.355 e. The lowest BCUT2D eigenvalue weighted by atomic mass is 10.1. The molecule has 104 valence electrons. The molecule has 0 spiro atoms. The summed E-state index contributed by atoms with van der Waals surface area (Å²) in [7, 11) is 0. The van der Waals surface area contributed by atoms with Crippen molar-refractivity contribution in [1.82, 2.24) is 9.97 Å². The molecule has 2 N–H and O–H groups in total. The molecule has 1 heterocycles. The lowest BCUT2D eigenvalue weighted by Crippen LogP contribution is -2.18. The molecule has 0 radical (unpaired) electrons. The first kappa shape index (κ1) is 12.8. The van der Waals surface area contributed by atoms with E-state index in [-0.39, 0.29) is 11.4 Å². The van der Waals surface area contributed by atoms with Gasteiger partial charge in [-0.1, -0.05) is 12.1 Å². The van der Waals surface area contributed by atoms with Gasteiger partial charge in [-0.15, -0.1) is 0 Å². The average Bonchev–Trinajstić information content (AvgIpc) is 2.90. The van der Waals surface area contributed by atoms with Gasteiger partial charge in [-0.2, -0.15) is 0 Å². The maximum Gasteiger partial charge on any atom is 0.255 e. The number of aryl methyl sites for hydroxylation is 1. The summed E-state index contributed by atoms with van der Waals surface area (Å²) in [5.41, 5.74) is 2.76. The van der Waals surface area contributed by atoms with E-state index in [1.807, 2.05) is 0 Å². The van der Waals surface area contributed by atoms with Gasteiger partial charge in [-0.25, -0.2) is 9.37 Å². The van der Waals surface area contributed by atoms with Gasteiger partial charge in [-0.3, -0.25) is 9.78 Å². The van der Waals surface area contributed by atoms with Crippen LogP contribution in [0.1, 0.15) is 23.2 Å². The second kappa shape index (κ2) is 5.45. The number of aromatic nitrogens is 2. The zero-order valence-corrected chi connectivity index (χ0v) is 11.1. The van der Waals surface area contributed by atoms with Gasteiger partial charge >= 0.3 is 0 Å². The molecule has 0 unspecified atom stereocenters. The van der Waals surface area contributed by atoms with Gasteiger partial charge in [0, 0.05) is 12.1 Å². The standard InChI is InChI=1S/C15H16FN3O/c16-11-6-4-10(5-7-11)8-9-17-15-18-13-3-1-2-12(13)14(20)19-15/h4-7H,1-3,8-9H2,(H2,17,18,19,20). The molecule has 0 saturated carbocycles. The Labute approximate surface area is 116 Å². The third kappa shape index (κ3) is 2.71. The summed E-state index contributed by atoms with van der Waals surface area (Å²) in [5, 5.41) is 3.12. The molecule has 0 fully saturated rings. The van der Waals surface area contributed by atoms with E-state index >= 15 is 0 Å². The van der Waals surface area contributed by atoms with Gasteiger partial charge in [0.05, 0.1) is 5.69 Å². The smallest absolute Gasteiger partial charge is 0.255 e. The van der Waals surface area contributed by atoms with Crippen molar-refractivity contribution < 1.29 is 4.39 Å². The molecule has 0 bridgehead atoms. The van der Waals surface area contributed by atoms with E-state index in [9.17, 15) is 9.18 Å². The number of nitrogens with zero attached hydrogens (tertiary/aromatic N) is 1. The monoisotopic (exact) mass is 273 g/mol. The second-order valence-electron chi connectivity index (χ2n) is 5.00. The first-order chi connectivity index (χ1) is 9.72. The van der Waals surface area contributed by atoms with Crippen molar-refractivity contribution >= 4 is 5.95 Å². The van der Waals surface area contributed by atoms with Gasteiger partial charge < -0.3 is 5.32 Å². The first-order valence-corrected chi connectivity index (χ1v) is 6.83. The Morgan fingerprint density at radius 2 is 2.05 bits per heavy atom. The second-order valence-corrected chi connectivity index (χ2v) is 5.00. The SMILES string of the molecule is O=c1[nH]c(NCCc2ccc(F)cc2)nc2c1CCC2. The van der Waals surface area contributed by atoms with Crippen LogP contribution in [0.25, 0.3) is 0 Å². The zero-order valence-electron chi connectivity index (χ0n) is 11.1. The van der Waals surface area contributed by atoms with Crippen LogP contribution in [0.2, 0.25) is 0 Å². The van der Waals surface area contributed by atoms with Crippen LogP contribution >= 0.6 is 0 Å². The first-order valence-electron chi connectivity index (χ1n) is 6.83. The number of benzene rings is 1. The molecule has 1 aliphatic carbocycles. The normalized spacial score (nSPS) is 13.2. The molecular formula is C15H16FN3O. The third-order valence-corrected chi connectivity index (χ3v) is 3.56. The zero-order chi connectivity index (χ0) is 13.9. The van der Waals surface area contributed by atoms with Crippen LogP contribution in [0.5, 0.6) is 0 Å². The van der Waals surface area contributed by atoms with E-state index in [4.69, 9.17) is 0 Å². The Bertz CT molecular complexity index is 664. The molecule has 2 aromatic rings. The van der Waals surface area contributed by atoms with E-state index in [1.165, 1.54) is 12.1 Å². The van der Waals surface area contributed by atoms with Crippen molar-refractivity contribution in [2.75, 3.05) is 11.9 Å². The number of hydrogen-bond donors (Lipinski definition) is 2. The van der Waals surface area contributed by atoms with Crippen molar-refractivity contribution in [2.24, 2.45) is 0 Å². The summed E-state index contributed by atoms with van der Waals surface area (Å²) in [6, 6.07) is 6.42. The van der Waals surface area contributed by atoms with Crippen molar-refractivity contribution in [2.45, 2.75) is 25.7 Å². The predicted molar refractivity (Wildman–Crippen MR) is 75.5 cm³/mol. The molecular weight excluding hydrogens is 257 g/mol. The molecule has 3 rings (SSSR count). The van der Waals surface area contributed by atoms with E-state index in [0.717, 1.165) is 42.5 Å². The number of halogens is 1. The van der Waals surface area contributed by atoms with Gasteiger partial charge in [0.1, 0.15) is 5.82 Å². The predicted octanol–water partition coefficient (Wildman–Crippen LogP) is 2.05. The summed E-state index contributed by atoms with van der Waals surface area (Å²) >= 11 is 0. The number of H-pyrrole nitrogens is 1. The van der Waals surface area contributed by atoms with E-state index in [0.29, 0.717) is 12.5 Å². The number of fused-ring (bicyclic) bond motifs is 1. The quantitative estimate of drug-likeness (QED) is 0.896. The fourth-order valence-corrected chi connectivity index (χ4v) is 2.50. The number of nitrogens with one attached hydrogen (secondary N) is 2. The maximum atomic E-state index is 12.8. The van der Waals surface area contributed by atoms with Crippen LogP contribution in [-0.4, -0.2) is 16.5 Å². The van der Waals surface area contributed by atoms with Crippen LogP contribution < -0.4 is 10.9 Å². The minimum absolute atomic E-state index is 0.0308. The van der Waals surface area contributed by atoms with Gasteiger partial charge in [0.15, 0.2) is 0 Å². The average molecular weight is 273 g/mol. The maximum absolute atomic E-state index is 12.8. The van der Waals surface area contributed by atoms with Gasteiger partial charge in [-0.05, 0) is 43.4 Å². The Kier molecular flexibility index (Phi) is 3.50. The summed E-state index contributed by atoms with van der Waals surface area (Å²) in [5.74, 6) is 0.295. The van der Waals surface area contributed by atoms with Crippen LogP contribution in [-0.2, 0) is 19.3 Å². The topological polar surface area (TPSA) is 57.8 Å². The Balaban J connectivity index is 1.63. The van der Waals surface area contributed by atoms with Gasteiger partial charge in [0.25, 0.3) is 5.56 Å². The highest BCUT2D eigenvalue weighted by atomic mass is 19.1. The van der Waals surface area contributed by atoms with Crippen molar-refractivity contribution in [3.05, 3.63) is 57.3 Å². The molecule has 0 saturated heterocycles. The summed E-state index contributed by atoms with van der Waals surface area (Å²) < 4.78 is 12.8. The van der Waals surface area contributed by atoms with Gasteiger partial charge in [0.2, 0.25) is 5.95 Å². The van der Waals surface area contributed by atoms with E-state index in [2.05, 4.69) is 15.3 Å². The number of rotatable bonds is 4. The van der Waals surface area contributed by atoms with Crippen LogP contribution in [0, 0.1) is 5.82 Å². The molecule has 1 aromatic carbocycles. The highest BCUT2D eigenvalue weighted by Gasteiger charge is 2.16. The fraction of sp³-hybridized carbons (Fsp3) is 0.333. The summed E-state index contributed by atoms with van der Waals surface area (Å²) in [6.45, 7) is 0.646. The lowest BCUT2D eigenvalue weighted by molar-refractivity contribution is 0.627. The highest BCUT2D eigenvalue weighted by molar-refractivity contribution is 5.32. The summed E-state index contributed by atoms with van der Waals surface area (Å²) in [4.78, 5) is 19.0. The van der Waals surface area contributed by atoms with Crippen LogP contribution in [0.4, 0.5) is 10.3 Å². The number of hydrogen-bond acceptors (Lipinski definition) is 3. The van der Waals surface area contributed by atoms with E-state index in [1.54, 1.807) is 12.1 Å². The van der Waals surface area contributed by atoms with E-state index < -0.39 is 0 Å². The van der Waals surface area contributed by atoms with Crippen LogP contribution in [0.15, 0.2) is 29.1 Å². The molecule has 1 aromatic heterocycles. The molecule has 4 nitrogen and oxygen atoms in total. The number of anilines is 1. The minimum atomic E-state index is -0.230. The summed E-state index contributed by atoms with van der Waals surface area (Å²) in [6.07, 6.45) is 3.46. The number of aromatic amines is 1. The molecule has 0 aliphatic heterocycles. The third-order valence-electron chi connectivity index (χ3n) is 3.56. The highest BCUT2D eigenvalue weighted by Crippen LogP contribution is 2.16. The Hall–Kier alpha value is -2.17. The molecule has 0 atom stereocenters. The van der Waals surface area contributed by atoms with Crippen molar-refractivity contribution in [3.63, 3.8) is 0 Å². The lowest BCUT2D eigenvalue weighted by Gasteiger charge is -2.07. The molecule has 0 amide bonds. The Morgan fingerprint density at radius 3 is 2.85 bits per heavy atom. The van der Waals surface area contributed by atoms with Crippen LogP contribution in [0.3, 0.4) is 0 Å². The van der Waals surface area contributed by atoms with Crippen molar-refractivity contribution in [1.29, 1.82) is 0 Å². The van der Waals surface area contributed by atoms with Crippen molar-refractivity contribution in [3.8, 4) is 0 Å². The largest absolute Gasteiger partial charge is 0.355 e. The Morgan fingerprint density at radius 1 is 1.25 bits per heavy atom. The molecule has 20 heavy (non-hydrogen) atoms. The molecule has 5 heteroatoms.